The Kier molecular flexibility index (Phi) is 2.94. The minimum absolute atomic E-state index is 0.244. The summed E-state index contributed by atoms with van der Waals surface area (Å²) in [5, 5.41) is 0. The van der Waals surface area contributed by atoms with Gasteiger partial charge in [-0.1, -0.05) is 24.6 Å². The molecule has 0 saturated carbocycles. The first-order valence-corrected chi connectivity index (χ1v) is 5.84. The van der Waals surface area contributed by atoms with Gasteiger partial charge in [-0.2, -0.15) is 0 Å². The monoisotopic (exact) mass is 205 g/mol. The molecule has 0 N–H and O–H groups in total. The lowest BCUT2D eigenvalue weighted by Crippen LogP contribution is -2.38. The van der Waals surface area contributed by atoms with Gasteiger partial charge in [-0.05, 0) is 32.1 Å². The first-order chi connectivity index (χ1) is 7.18. The molecule has 2 nitrogen and oxygen atoms in total. The van der Waals surface area contributed by atoms with Gasteiger partial charge < -0.3 is 4.90 Å². The number of carbonyl (C=O) groups is 1. The Morgan fingerprint density at radius 1 is 1.40 bits per heavy atom. The van der Waals surface area contributed by atoms with Crippen molar-refractivity contribution in [2.24, 2.45) is 5.92 Å². The second kappa shape index (κ2) is 4.21. The summed E-state index contributed by atoms with van der Waals surface area (Å²) in [7, 11) is 0. The second-order valence-corrected chi connectivity index (χ2v) is 4.78. The highest BCUT2D eigenvalue weighted by molar-refractivity contribution is 5.97. The highest BCUT2D eigenvalue weighted by Gasteiger charge is 2.23. The Hall–Kier alpha value is -1.05. The summed E-state index contributed by atoms with van der Waals surface area (Å²) in [6.45, 7) is 6.19. The Morgan fingerprint density at radius 3 is 2.60 bits per heavy atom. The number of hydrogen-bond donors (Lipinski definition) is 0. The SMILES string of the molecule is CC1=C(C(=O)N2CCC(C)CC2)C=CC1. The summed E-state index contributed by atoms with van der Waals surface area (Å²) in [5.74, 6) is 1.02. The molecule has 0 spiro atoms. The highest BCUT2D eigenvalue weighted by atomic mass is 16.2. The standard InChI is InChI=1S/C13H19NO/c1-10-6-8-14(9-7-10)13(15)12-5-3-4-11(12)2/h3,5,10H,4,6-9H2,1-2H3. The number of carbonyl (C=O) groups excluding carboxylic acids is 1. The zero-order valence-electron chi connectivity index (χ0n) is 9.62. The van der Waals surface area contributed by atoms with Crippen LogP contribution in [0.3, 0.4) is 0 Å². The lowest BCUT2D eigenvalue weighted by atomic mass is 9.98. The van der Waals surface area contributed by atoms with Crippen LogP contribution in [-0.4, -0.2) is 23.9 Å². The molecular formula is C13H19NO. The lowest BCUT2D eigenvalue weighted by Gasteiger charge is -2.30. The van der Waals surface area contributed by atoms with Crippen molar-refractivity contribution in [1.82, 2.24) is 4.90 Å². The van der Waals surface area contributed by atoms with Gasteiger partial charge in [-0.25, -0.2) is 0 Å². The lowest BCUT2D eigenvalue weighted by molar-refractivity contribution is -0.128. The van der Waals surface area contributed by atoms with E-state index in [1.807, 2.05) is 11.0 Å². The molecule has 2 rings (SSSR count). The van der Waals surface area contributed by atoms with Gasteiger partial charge in [0.2, 0.25) is 0 Å². The molecule has 82 valence electrons. The van der Waals surface area contributed by atoms with E-state index in [-0.39, 0.29) is 5.91 Å². The van der Waals surface area contributed by atoms with E-state index in [0.29, 0.717) is 0 Å². The van der Waals surface area contributed by atoms with E-state index in [4.69, 9.17) is 0 Å². The predicted molar refractivity (Wildman–Crippen MR) is 61.4 cm³/mol. The van der Waals surface area contributed by atoms with E-state index >= 15 is 0 Å². The third-order valence-electron chi connectivity index (χ3n) is 3.47. The van der Waals surface area contributed by atoms with Crippen LogP contribution in [0.25, 0.3) is 0 Å². The quantitative estimate of drug-likeness (QED) is 0.644. The molecule has 1 saturated heterocycles. The minimum Gasteiger partial charge on any atom is -0.339 e. The average Bonchev–Trinajstić information content (AvgIpc) is 2.65. The maximum Gasteiger partial charge on any atom is 0.253 e. The Bertz CT molecular complexity index is 319. The summed E-state index contributed by atoms with van der Waals surface area (Å²) >= 11 is 0. The van der Waals surface area contributed by atoms with Crippen molar-refractivity contribution < 1.29 is 4.79 Å². The Morgan fingerprint density at radius 2 is 2.07 bits per heavy atom. The average molecular weight is 205 g/mol. The molecule has 0 aromatic rings. The van der Waals surface area contributed by atoms with Crippen LogP contribution < -0.4 is 0 Å². The van der Waals surface area contributed by atoms with Crippen LogP contribution in [-0.2, 0) is 4.79 Å². The number of amides is 1. The number of likely N-dealkylation sites (tertiary alicyclic amines) is 1. The third-order valence-corrected chi connectivity index (χ3v) is 3.47. The van der Waals surface area contributed by atoms with E-state index in [9.17, 15) is 4.79 Å². The number of rotatable bonds is 1. The normalized spacial score (nSPS) is 22.7. The molecule has 1 amide bonds. The molecule has 0 unspecified atom stereocenters. The van der Waals surface area contributed by atoms with Gasteiger partial charge >= 0.3 is 0 Å². The van der Waals surface area contributed by atoms with Crippen LogP contribution in [0.1, 0.15) is 33.1 Å². The van der Waals surface area contributed by atoms with Crippen molar-refractivity contribution in [1.29, 1.82) is 0 Å². The Labute approximate surface area is 91.6 Å². The van der Waals surface area contributed by atoms with Gasteiger partial charge in [0, 0.05) is 18.7 Å². The number of hydrogen-bond acceptors (Lipinski definition) is 1. The van der Waals surface area contributed by atoms with Crippen LogP contribution >= 0.6 is 0 Å². The molecular weight excluding hydrogens is 186 g/mol. The van der Waals surface area contributed by atoms with Crippen LogP contribution in [0.15, 0.2) is 23.3 Å². The fourth-order valence-corrected chi connectivity index (χ4v) is 2.24. The molecule has 0 aromatic carbocycles. The number of allylic oxidation sites excluding steroid dienone is 2. The van der Waals surface area contributed by atoms with Crippen LogP contribution in [0.5, 0.6) is 0 Å². The molecule has 2 aliphatic rings. The smallest absolute Gasteiger partial charge is 0.253 e. The summed E-state index contributed by atoms with van der Waals surface area (Å²) < 4.78 is 0. The number of piperidine rings is 1. The third kappa shape index (κ3) is 2.14. The highest BCUT2D eigenvalue weighted by Crippen LogP contribution is 2.23. The van der Waals surface area contributed by atoms with E-state index in [1.165, 1.54) is 5.57 Å². The van der Waals surface area contributed by atoms with Crippen molar-refractivity contribution in [3.8, 4) is 0 Å². The molecule has 15 heavy (non-hydrogen) atoms. The molecule has 0 bridgehead atoms. The first-order valence-electron chi connectivity index (χ1n) is 5.84. The zero-order valence-corrected chi connectivity index (χ0v) is 9.62. The molecule has 1 heterocycles. The number of nitrogens with zero attached hydrogens (tertiary/aromatic N) is 1. The van der Waals surface area contributed by atoms with Crippen molar-refractivity contribution >= 4 is 5.91 Å². The zero-order chi connectivity index (χ0) is 10.8. The predicted octanol–water partition coefficient (Wildman–Crippen LogP) is 2.52. The van der Waals surface area contributed by atoms with Crippen LogP contribution in [0.4, 0.5) is 0 Å². The topological polar surface area (TPSA) is 20.3 Å². The maximum absolute atomic E-state index is 12.1. The van der Waals surface area contributed by atoms with Crippen LogP contribution in [0, 0.1) is 5.92 Å². The molecule has 1 aliphatic carbocycles. The fourth-order valence-electron chi connectivity index (χ4n) is 2.24. The van der Waals surface area contributed by atoms with Crippen LogP contribution in [0.2, 0.25) is 0 Å². The van der Waals surface area contributed by atoms with E-state index < -0.39 is 0 Å². The fraction of sp³-hybridized carbons (Fsp3) is 0.615. The van der Waals surface area contributed by atoms with Crippen molar-refractivity contribution in [3.05, 3.63) is 23.3 Å². The summed E-state index contributed by atoms with van der Waals surface area (Å²) in [6, 6.07) is 0. The van der Waals surface area contributed by atoms with E-state index in [2.05, 4.69) is 19.9 Å². The van der Waals surface area contributed by atoms with Gasteiger partial charge in [0.1, 0.15) is 0 Å². The van der Waals surface area contributed by atoms with Crippen molar-refractivity contribution in [2.45, 2.75) is 33.1 Å². The summed E-state index contributed by atoms with van der Waals surface area (Å²) in [6.07, 6.45) is 7.32. The van der Waals surface area contributed by atoms with Gasteiger partial charge in [0.05, 0.1) is 0 Å². The second-order valence-electron chi connectivity index (χ2n) is 4.78. The van der Waals surface area contributed by atoms with E-state index in [0.717, 1.165) is 43.8 Å². The van der Waals surface area contributed by atoms with E-state index in [1.54, 1.807) is 0 Å². The molecule has 1 fully saturated rings. The van der Waals surface area contributed by atoms with Gasteiger partial charge in [0.25, 0.3) is 5.91 Å². The van der Waals surface area contributed by atoms with Gasteiger partial charge in [0.15, 0.2) is 0 Å². The maximum atomic E-state index is 12.1. The summed E-state index contributed by atoms with van der Waals surface area (Å²) in [4.78, 5) is 14.1. The van der Waals surface area contributed by atoms with Gasteiger partial charge in [-0.3, -0.25) is 4.79 Å². The molecule has 2 heteroatoms. The van der Waals surface area contributed by atoms with Crippen molar-refractivity contribution in [2.75, 3.05) is 13.1 Å². The Balaban J connectivity index is 2.02. The molecule has 0 radical (unpaired) electrons. The van der Waals surface area contributed by atoms with Gasteiger partial charge in [-0.15, -0.1) is 0 Å². The first kappa shape index (κ1) is 10.5. The minimum atomic E-state index is 0.244. The molecule has 0 atom stereocenters. The largest absolute Gasteiger partial charge is 0.339 e. The molecule has 1 aliphatic heterocycles. The molecule has 0 aromatic heterocycles. The van der Waals surface area contributed by atoms with Crippen molar-refractivity contribution in [3.63, 3.8) is 0 Å². The summed E-state index contributed by atoms with van der Waals surface area (Å²) in [5.41, 5.74) is 2.16.